The number of hydrogen-bond acceptors (Lipinski definition) is 4. The first kappa shape index (κ1) is 11.7. The van der Waals surface area contributed by atoms with Crippen molar-refractivity contribution < 1.29 is 4.74 Å². The number of nitrogens with one attached hydrogen (secondary N) is 1. The van der Waals surface area contributed by atoms with E-state index in [9.17, 15) is 0 Å². The largest absolute Gasteiger partial charge is 0.384 e. The molecule has 3 nitrogen and oxygen atoms in total. The van der Waals surface area contributed by atoms with Gasteiger partial charge in [-0.3, -0.25) is 0 Å². The summed E-state index contributed by atoms with van der Waals surface area (Å²) in [6.45, 7) is 5.84. The van der Waals surface area contributed by atoms with Crippen LogP contribution in [0.4, 0.5) is 0 Å². The quantitative estimate of drug-likeness (QED) is 0.767. The van der Waals surface area contributed by atoms with Crippen LogP contribution in [-0.2, 0) is 4.74 Å². The van der Waals surface area contributed by atoms with E-state index in [0.29, 0.717) is 6.04 Å². The fourth-order valence-electron chi connectivity index (χ4n) is 2.50. The van der Waals surface area contributed by atoms with Gasteiger partial charge in [0.25, 0.3) is 0 Å². The van der Waals surface area contributed by atoms with E-state index in [2.05, 4.69) is 22.0 Å². The van der Waals surface area contributed by atoms with Crippen LogP contribution in [0.2, 0.25) is 0 Å². The summed E-state index contributed by atoms with van der Waals surface area (Å²) >= 11 is 2.08. The maximum absolute atomic E-state index is 5.22. The van der Waals surface area contributed by atoms with Crippen LogP contribution in [0.25, 0.3) is 0 Å². The van der Waals surface area contributed by atoms with Gasteiger partial charge < -0.3 is 15.0 Å². The third-order valence-electron chi connectivity index (χ3n) is 3.25. The van der Waals surface area contributed by atoms with E-state index in [1.165, 1.54) is 44.1 Å². The SMILES string of the molecule is COCC1CCN(CC2CSCCN2)C1. The van der Waals surface area contributed by atoms with E-state index >= 15 is 0 Å². The minimum atomic E-state index is 0.713. The van der Waals surface area contributed by atoms with Gasteiger partial charge in [-0.05, 0) is 18.9 Å². The lowest BCUT2D eigenvalue weighted by atomic mass is 10.1. The molecule has 0 spiro atoms. The second-order valence-corrected chi connectivity index (χ2v) is 5.75. The van der Waals surface area contributed by atoms with Crippen molar-refractivity contribution in [3.63, 3.8) is 0 Å². The van der Waals surface area contributed by atoms with Gasteiger partial charge in [0.1, 0.15) is 0 Å². The van der Waals surface area contributed by atoms with E-state index in [1.807, 2.05) is 7.11 Å². The zero-order chi connectivity index (χ0) is 10.5. The van der Waals surface area contributed by atoms with Gasteiger partial charge in [0.2, 0.25) is 0 Å². The fourth-order valence-corrected chi connectivity index (χ4v) is 3.44. The number of likely N-dealkylation sites (tertiary alicyclic amines) is 1. The Hall–Kier alpha value is 0.230. The molecular formula is C11H22N2OS. The summed E-state index contributed by atoms with van der Waals surface area (Å²) in [5.74, 6) is 3.33. The minimum absolute atomic E-state index is 0.713. The smallest absolute Gasteiger partial charge is 0.0503 e. The van der Waals surface area contributed by atoms with Crippen LogP contribution in [0.1, 0.15) is 6.42 Å². The molecule has 0 bridgehead atoms. The summed E-state index contributed by atoms with van der Waals surface area (Å²) in [6.07, 6.45) is 1.31. The number of thioether (sulfide) groups is 1. The van der Waals surface area contributed by atoms with Crippen molar-refractivity contribution in [1.82, 2.24) is 10.2 Å². The molecule has 0 aromatic rings. The molecule has 0 aliphatic carbocycles. The standard InChI is InChI=1S/C11H22N2OS/c1-14-8-10-2-4-13(6-10)7-11-9-15-5-3-12-11/h10-12H,2-9H2,1H3. The molecule has 2 heterocycles. The molecule has 0 saturated carbocycles. The molecule has 2 aliphatic heterocycles. The lowest BCUT2D eigenvalue weighted by Crippen LogP contribution is -2.45. The first-order valence-electron chi connectivity index (χ1n) is 5.91. The van der Waals surface area contributed by atoms with Crippen molar-refractivity contribution in [1.29, 1.82) is 0 Å². The summed E-state index contributed by atoms with van der Waals surface area (Å²) in [4.78, 5) is 2.59. The van der Waals surface area contributed by atoms with Crippen LogP contribution < -0.4 is 5.32 Å². The maximum atomic E-state index is 5.22. The zero-order valence-corrected chi connectivity index (χ0v) is 10.4. The topological polar surface area (TPSA) is 24.5 Å². The number of nitrogens with zero attached hydrogens (tertiary/aromatic N) is 1. The number of methoxy groups -OCH3 is 1. The molecule has 2 saturated heterocycles. The van der Waals surface area contributed by atoms with E-state index in [4.69, 9.17) is 4.74 Å². The van der Waals surface area contributed by atoms with E-state index in [1.54, 1.807) is 0 Å². The van der Waals surface area contributed by atoms with Gasteiger partial charge in [0.05, 0.1) is 6.61 Å². The Bertz CT molecular complexity index is 185. The van der Waals surface area contributed by atoms with Gasteiger partial charge in [0.15, 0.2) is 0 Å². The number of hydrogen-bond donors (Lipinski definition) is 1. The monoisotopic (exact) mass is 230 g/mol. The van der Waals surface area contributed by atoms with Gasteiger partial charge in [-0.1, -0.05) is 0 Å². The number of rotatable bonds is 4. The summed E-state index contributed by atoms with van der Waals surface area (Å²) in [7, 11) is 1.81. The molecule has 4 heteroatoms. The third-order valence-corrected chi connectivity index (χ3v) is 4.38. The summed E-state index contributed by atoms with van der Waals surface area (Å²) in [6, 6.07) is 0.713. The summed E-state index contributed by atoms with van der Waals surface area (Å²) < 4.78 is 5.22. The first-order valence-corrected chi connectivity index (χ1v) is 7.06. The second-order valence-electron chi connectivity index (χ2n) is 4.60. The summed E-state index contributed by atoms with van der Waals surface area (Å²) in [5.41, 5.74) is 0. The third kappa shape index (κ3) is 3.63. The molecule has 0 radical (unpaired) electrons. The average molecular weight is 230 g/mol. The van der Waals surface area contributed by atoms with Crippen molar-refractivity contribution in [3.05, 3.63) is 0 Å². The highest BCUT2D eigenvalue weighted by Crippen LogP contribution is 2.18. The van der Waals surface area contributed by atoms with Crippen LogP contribution >= 0.6 is 11.8 Å². The number of ether oxygens (including phenoxy) is 1. The lowest BCUT2D eigenvalue weighted by molar-refractivity contribution is 0.152. The average Bonchev–Trinajstić information content (AvgIpc) is 2.68. The van der Waals surface area contributed by atoms with Crippen LogP contribution in [0.3, 0.4) is 0 Å². The highest BCUT2D eigenvalue weighted by atomic mass is 32.2. The van der Waals surface area contributed by atoms with Gasteiger partial charge in [-0.15, -0.1) is 0 Å². The molecule has 1 N–H and O–H groups in total. The Kier molecular flexibility index (Phi) is 4.75. The predicted octanol–water partition coefficient (Wildman–Crippen LogP) is 0.660. The second kappa shape index (κ2) is 6.09. The van der Waals surface area contributed by atoms with Crippen molar-refractivity contribution in [2.45, 2.75) is 12.5 Å². The Balaban J connectivity index is 1.67. The van der Waals surface area contributed by atoms with Crippen LogP contribution in [0, 0.1) is 5.92 Å². The van der Waals surface area contributed by atoms with Gasteiger partial charge in [-0.2, -0.15) is 11.8 Å². The van der Waals surface area contributed by atoms with Gasteiger partial charge in [-0.25, -0.2) is 0 Å². The highest BCUT2D eigenvalue weighted by molar-refractivity contribution is 7.99. The van der Waals surface area contributed by atoms with Crippen molar-refractivity contribution >= 4 is 11.8 Å². The molecule has 0 aromatic carbocycles. The molecule has 2 atom stereocenters. The predicted molar refractivity (Wildman–Crippen MR) is 65.5 cm³/mol. The van der Waals surface area contributed by atoms with E-state index < -0.39 is 0 Å². The molecular weight excluding hydrogens is 208 g/mol. The fraction of sp³-hybridized carbons (Fsp3) is 1.00. The van der Waals surface area contributed by atoms with E-state index in [0.717, 1.165) is 12.5 Å². The van der Waals surface area contributed by atoms with E-state index in [-0.39, 0.29) is 0 Å². The molecule has 2 fully saturated rings. The lowest BCUT2D eigenvalue weighted by Gasteiger charge is -2.27. The molecule has 2 rings (SSSR count). The normalized spacial score (nSPS) is 33.4. The van der Waals surface area contributed by atoms with Crippen LogP contribution in [0.15, 0.2) is 0 Å². The van der Waals surface area contributed by atoms with Crippen molar-refractivity contribution in [2.24, 2.45) is 5.92 Å². The zero-order valence-electron chi connectivity index (χ0n) is 9.58. The van der Waals surface area contributed by atoms with Crippen molar-refractivity contribution in [3.8, 4) is 0 Å². The minimum Gasteiger partial charge on any atom is -0.384 e. The molecule has 88 valence electrons. The maximum Gasteiger partial charge on any atom is 0.0503 e. The molecule has 0 aromatic heterocycles. The molecule has 2 aliphatic rings. The Morgan fingerprint density at radius 1 is 1.53 bits per heavy atom. The Morgan fingerprint density at radius 2 is 2.47 bits per heavy atom. The van der Waals surface area contributed by atoms with Gasteiger partial charge >= 0.3 is 0 Å². The molecule has 2 unspecified atom stereocenters. The Labute approximate surface area is 96.9 Å². The van der Waals surface area contributed by atoms with Crippen LogP contribution in [-0.4, -0.2) is 62.3 Å². The molecule has 0 amide bonds. The molecule has 15 heavy (non-hydrogen) atoms. The van der Waals surface area contributed by atoms with Crippen LogP contribution in [0.5, 0.6) is 0 Å². The highest BCUT2D eigenvalue weighted by Gasteiger charge is 2.25. The first-order chi connectivity index (χ1) is 7.38. The Morgan fingerprint density at radius 3 is 3.20 bits per heavy atom. The van der Waals surface area contributed by atoms with Crippen molar-refractivity contribution in [2.75, 3.05) is 51.4 Å². The summed E-state index contributed by atoms with van der Waals surface area (Å²) in [5, 5.41) is 3.60. The van der Waals surface area contributed by atoms with Gasteiger partial charge in [0, 0.05) is 44.3 Å².